The minimum Gasteiger partial charge on any atom is -0.486 e. The van der Waals surface area contributed by atoms with Crippen molar-refractivity contribution in [2.45, 2.75) is 24.8 Å². The van der Waals surface area contributed by atoms with Crippen LogP contribution < -0.4 is 14.2 Å². The molecule has 154 valence electrons. The zero-order valence-electron chi connectivity index (χ0n) is 16.0. The molecular weight excluding hydrogens is 398 g/mol. The van der Waals surface area contributed by atoms with E-state index in [0.717, 1.165) is 5.56 Å². The lowest BCUT2D eigenvalue weighted by Crippen LogP contribution is -2.40. The Kier molecular flexibility index (Phi) is 6.19. The highest BCUT2D eigenvalue weighted by molar-refractivity contribution is 7.89. The van der Waals surface area contributed by atoms with Crippen molar-refractivity contribution in [1.29, 1.82) is 0 Å². The number of hydrogen-bond acceptors (Lipinski definition) is 7. The van der Waals surface area contributed by atoms with Crippen molar-refractivity contribution in [2.75, 3.05) is 19.8 Å². The molecule has 1 heterocycles. The zero-order valence-corrected chi connectivity index (χ0v) is 16.8. The molecule has 0 saturated carbocycles. The van der Waals surface area contributed by atoms with Crippen molar-refractivity contribution in [1.82, 2.24) is 4.72 Å². The van der Waals surface area contributed by atoms with Gasteiger partial charge in [-0.25, -0.2) is 8.42 Å². The molecule has 0 aromatic heterocycles. The van der Waals surface area contributed by atoms with Gasteiger partial charge in [0.2, 0.25) is 10.0 Å². The monoisotopic (exact) mass is 419 g/mol. The Labute approximate surface area is 168 Å². The number of benzene rings is 2. The van der Waals surface area contributed by atoms with Crippen molar-refractivity contribution < 1.29 is 32.2 Å². The van der Waals surface area contributed by atoms with Crippen LogP contribution in [-0.4, -0.2) is 46.0 Å². The molecule has 0 fully saturated rings. The fourth-order valence-corrected chi connectivity index (χ4v) is 3.82. The molecule has 1 aliphatic rings. The highest BCUT2D eigenvalue weighted by Crippen LogP contribution is 2.30. The number of Topliss-reactive ketones (excluding diaryl/α,β-unsaturated/α-hetero) is 1. The number of nitrogens with one attached hydrogen (secondary N) is 1. The van der Waals surface area contributed by atoms with Gasteiger partial charge in [0.25, 0.3) is 0 Å². The lowest BCUT2D eigenvalue weighted by atomic mass is 10.1. The minimum absolute atomic E-state index is 0.0371. The van der Waals surface area contributed by atoms with Gasteiger partial charge in [-0.2, -0.15) is 4.72 Å². The first-order chi connectivity index (χ1) is 13.8. The zero-order chi connectivity index (χ0) is 21.0. The summed E-state index contributed by atoms with van der Waals surface area (Å²) in [6, 6.07) is 9.73. The van der Waals surface area contributed by atoms with Gasteiger partial charge in [0.15, 0.2) is 23.9 Å². The van der Waals surface area contributed by atoms with Gasteiger partial charge >= 0.3 is 5.97 Å². The van der Waals surface area contributed by atoms with Gasteiger partial charge in [-0.3, -0.25) is 9.59 Å². The summed E-state index contributed by atoms with van der Waals surface area (Å²) in [5.41, 5.74) is 1.21. The molecule has 0 saturated heterocycles. The van der Waals surface area contributed by atoms with E-state index in [9.17, 15) is 18.0 Å². The molecule has 0 aliphatic carbocycles. The lowest BCUT2D eigenvalue weighted by Gasteiger charge is -2.18. The summed E-state index contributed by atoms with van der Waals surface area (Å²) >= 11 is 0. The molecule has 0 unspecified atom stereocenters. The van der Waals surface area contributed by atoms with E-state index in [4.69, 9.17) is 14.2 Å². The molecule has 2 aromatic carbocycles. The first-order valence-corrected chi connectivity index (χ1v) is 10.4. The summed E-state index contributed by atoms with van der Waals surface area (Å²) in [4.78, 5) is 24.4. The van der Waals surface area contributed by atoms with E-state index >= 15 is 0 Å². The normalized spacial score (nSPS) is 14.1. The van der Waals surface area contributed by atoms with Crippen LogP contribution in [0.3, 0.4) is 0 Å². The number of sulfonamides is 1. The smallest absolute Gasteiger partial charge is 0.324 e. The molecule has 1 aliphatic heterocycles. The highest BCUT2D eigenvalue weighted by Gasteiger charge is 2.24. The Balaban J connectivity index is 1.57. The van der Waals surface area contributed by atoms with E-state index in [1.807, 2.05) is 6.92 Å². The Morgan fingerprint density at radius 3 is 2.41 bits per heavy atom. The number of ketones is 1. The van der Waals surface area contributed by atoms with Crippen molar-refractivity contribution in [3.63, 3.8) is 0 Å². The van der Waals surface area contributed by atoms with Crippen LogP contribution in [0, 0.1) is 6.92 Å². The molecule has 0 spiro atoms. The van der Waals surface area contributed by atoms with E-state index in [-0.39, 0.29) is 4.90 Å². The summed E-state index contributed by atoms with van der Waals surface area (Å²) in [5, 5.41) is 0. The number of hydrogen-bond donors (Lipinski definition) is 1. The fourth-order valence-electron chi connectivity index (χ4n) is 2.63. The number of carbonyl (C=O) groups excluding carboxylic acids is 2. The van der Waals surface area contributed by atoms with Crippen molar-refractivity contribution >= 4 is 21.8 Å². The molecule has 9 heteroatoms. The van der Waals surface area contributed by atoms with Crippen LogP contribution in [0.2, 0.25) is 0 Å². The molecule has 1 N–H and O–H groups in total. The molecule has 8 nitrogen and oxygen atoms in total. The van der Waals surface area contributed by atoms with Gasteiger partial charge in [-0.05, 0) is 44.2 Å². The quantitative estimate of drug-likeness (QED) is 0.539. The van der Waals surface area contributed by atoms with Gasteiger partial charge in [-0.15, -0.1) is 0 Å². The summed E-state index contributed by atoms with van der Waals surface area (Å²) in [6.45, 7) is 3.49. The van der Waals surface area contributed by atoms with Crippen LogP contribution in [0.4, 0.5) is 0 Å². The Morgan fingerprint density at radius 2 is 1.72 bits per heavy atom. The van der Waals surface area contributed by atoms with E-state index in [1.54, 1.807) is 24.3 Å². The number of rotatable bonds is 7. The molecule has 1 atom stereocenters. The maximum atomic E-state index is 12.3. The minimum atomic E-state index is -3.89. The van der Waals surface area contributed by atoms with Gasteiger partial charge in [0, 0.05) is 5.56 Å². The van der Waals surface area contributed by atoms with Crippen LogP contribution in [-0.2, 0) is 19.6 Å². The SMILES string of the molecule is Cc1ccc(S(=O)(=O)N[C@@H](C)C(=O)OCC(=O)c2ccc3c(c2)OCCO3)cc1. The van der Waals surface area contributed by atoms with Crippen LogP contribution in [0.5, 0.6) is 11.5 Å². The maximum Gasteiger partial charge on any atom is 0.324 e. The van der Waals surface area contributed by atoms with Crippen molar-refractivity contribution in [3.05, 3.63) is 53.6 Å². The molecule has 0 amide bonds. The first-order valence-electron chi connectivity index (χ1n) is 8.95. The van der Waals surface area contributed by atoms with Crippen LogP contribution in [0.1, 0.15) is 22.8 Å². The second-order valence-corrected chi connectivity index (χ2v) is 8.26. The summed E-state index contributed by atoms with van der Waals surface area (Å²) in [6.07, 6.45) is 0. The molecule has 0 bridgehead atoms. The van der Waals surface area contributed by atoms with Crippen LogP contribution >= 0.6 is 0 Å². The molecule has 0 radical (unpaired) electrons. The molecule has 2 aromatic rings. The highest BCUT2D eigenvalue weighted by atomic mass is 32.2. The maximum absolute atomic E-state index is 12.3. The van der Waals surface area contributed by atoms with Crippen molar-refractivity contribution in [2.24, 2.45) is 0 Å². The van der Waals surface area contributed by atoms with Crippen LogP contribution in [0.25, 0.3) is 0 Å². The Morgan fingerprint density at radius 1 is 1.07 bits per heavy atom. The fraction of sp³-hybridized carbons (Fsp3) is 0.300. The average molecular weight is 419 g/mol. The van der Waals surface area contributed by atoms with Gasteiger partial charge in [0.05, 0.1) is 4.90 Å². The summed E-state index contributed by atoms with van der Waals surface area (Å²) in [5.74, 6) is -0.299. The van der Waals surface area contributed by atoms with Crippen molar-refractivity contribution in [3.8, 4) is 11.5 Å². The van der Waals surface area contributed by atoms with E-state index in [2.05, 4.69) is 4.72 Å². The van der Waals surface area contributed by atoms with Gasteiger partial charge < -0.3 is 14.2 Å². The first kappa shape index (κ1) is 20.8. The second kappa shape index (κ2) is 8.62. The number of ether oxygens (including phenoxy) is 3. The standard InChI is InChI=1S/C20H21NO7S/c1-13-3-6-16(7-4-13)29(24,25)21-14(2)20(23)28-12-17(22)15-5-8-18-19(11-15)27-10-9-26-18/h3-8,11,14,21H,9-10,12H2,1-2H3/t14-/m0/s1. The van der Waals surface area contributed by atoms with Crippen LogP contribution in [0.15, 0.2) is 47.4 Å². The topological polar surface area (TPSA) is 108 Å². The third-order valence-corrected chi connectivity index (χ3v) is 5.78. The molecule has 29 heavy (non-hydrogen) atoms. The number of carbonyl (C=O) groups is 2. The number of esters is 1. The second-order valence-electron chi connectivity index (χ2n) is 6.55. The van der Waals surface area contributed by atoms with Gasteiger partial charge in [0.1, 0.15) is 19.3 Å². The predicted octanol–water partition coefficient (Wildman–Crippen LogP) is 1.86. The number of fused-ring (bicyclic) bond motifs is 1. The molecular formula is C20H21NO7S. The summed E-state index contributed by atoms with van der Waals surface area (Å²) < 4.78 is 42.7. The third-order valence-electron chi connectivity index (χ3n) is 4.23. The third kappa shape index (κ3) is 5.12. The van der Waals surface area contributed by atoms with Gasteiger partial charge in [-0.1, -0.05) is 17.7 Å². The van der Waals surface area contributed by atoms with E-state index in [0.29, 0.717) is 30.3 Å². The molecule has 3 rings (SSSR count). The average Bonchev–Trinajstić information content (AvgIpc) is 2.71. The summed E-state index contributed by atoms with van der Waals surface area (Å²) in [7, 11) is -3.89. The largest absolute Gasteiger partial charge is 0.486 e. The predicted molar refractivity (Wildman–Crippen MR) is 104 cm³/mol. The van der Waals surface area contributed by atoms with E-state index < -0.39 is 34.4 Å². The lowest BCUT2D eigenvalue weighted by molar-refractivity contribution is -0.144. The Bertz CT molecular complexity index is 1020. The Hall–Kier alpha value is -2.91. The van der Waals surface area contributed by atoms with E-state index in [1.165, 1.54) is 25.1 Å². The number of aryl methyl sites for hydroxylation is 1.